The fourth-order valence-electron chi connectivity index (χ4n) is 3.05. The number of carbonyl (C=O) groups excluding carboxylic acids is 2. The van der Waals surface area contributed by atoms with Gasteiger partial charge in [0.1, 0.15) is 5.75 Å². The lowest BCUT2D eigenvalue weighted by molar-refractivity contribution is 0.0643. The molecule has 4 heteroatoms. The molecule has 0 bridgehead atoms. The summed E-state index contributed by atoms with van der Waals surface area (Å²) in [7, 11) is 1.57. The third kappa shape index (κ3) is 3.07. The van der Waals surface area contributed by atoms with Crippen LogP contribution in [-0.2, 0) is 0 Å². The van der Waals surface area contributed by atoms with Gasteiger partial charge >= 0.3 is 0 Å². The standard InChI is InChI=1S/C19H23NO3/c1-12(2)20(13(3)4)19(22)18-15(11-21)10-9-14-7-6-8-16(23-5)17(14)18/h6-13H,1-5H3. The second-order valence-corrected chi connectivity index (χ2v) is 6.11. The van der Waals surface area contributed by atoms with Crippen LogP contribution < -0.4 is 4.74 Å². The monoisotopic (exact) mass is 313 g/mol. The average Bonchev–Trinajstić information content (AvgIpc) is 2.52. The maximum Gasteiger partial charge on any atom is 0.255 e. The quantitative estimate of drug-likeness (QED) is 0.786. The van der Waals surface area contributed by atoms with E-state index in [-0.39, 0.29) is 18.0 Å². The van der Waals surface area contributed by atoms with E-state index in [1.165, 1.54) is 0 Å². The highest BCUT2D eigenvalue weighted by atomic mass is 16.5. The summed E-state index contributed by atoms with van der Waals surface area (Å²) in [5.74, 6) is 0.453. The third-order valence-electron chi connectivity index (χ3n) is 3.95. The number of fused-ring (bicyclic) bond motifs is 1. The van der Waals surface area contributed by atoms with Crippen LogP contribution in [0.3, 0.4) is 0 Å². The molecule has 0 N–H and O–H groups in total. The summed E-state index contributed by atoms with van der Waals surface area (Å²) >= 11 is 0. The Morgan fingerprint density at radius 2 is 1.74 bits per heavy atom. The van der Waals surface area contributed by atoms with Gasteiger partial charge in [0.2, 0.25) is 0 Å². The maximum atomic E-state index is 13.2. The van der Waals surface area contributed by atoms with Crippen LogP contribution in [0.5, 0.6) is 5.75 Å². The van der Waals surface area contributed by atoms with Crippen molar-refractivity contribution in [1.82, 2.24) is 4.90 Å². The molecule has 2 aromatic rings. The zero-order chi connectivity index (χ0) is 17.1. The van der Waals surface area contributed by atoms with Gasteiger partial charge in [0, 0.05) is 23.0 Å². The van der Waals surface area contributed by atoms with Gasteiger partial charge in [-0.2, -0.15) is 0 Å². The van der Waals surface area contributed by atoms with Crippen molar-refractivity contribution in [2.24, 2.45) is 0 Å². The fourth-order valence-corrected chi connectivity index (χ4v) is 3.05. The molecule has 122 valence electrons. The lowest BCUT2D eigenvalue weighted by Gasteiger charge is -2.31. The van der Waals surface area contributed by atoms with Gasteiger partial charge in [-0.25, -0.2) is 0 Å². The molecule has 0 saturated carbocycles. The Hall–Kier alpha value is -2.36. The number of hydrogen-bond acceptors (Lipinski definition) is 3. The van der Waals surface area contributed by atoms with E-state index in [0.717, 1.165) is 11.7 Å². The van der Waals surface area contributed by atoms with Crippen LogP contribution in [-0.4, -0.2) is 36.3 Å². The average molecular weight is 313 g/mol. The Balaban J connectivity index is 2.80. The number of hydrogen-bond donors (Lipinski definition) is 0. The van der Waals surface area contributed by atoms with Gasteiger partial charge in [0.05, 0.1) is 12.7 Å². The van der Waals surface area contributed by atoms with Crippen LogP contribution in [0.2, 0.25) is 0 Å². The molecule has 1 amide bonds. The van der Waals surface area contributed by atoms with E-state index in [1.54, 1.807) is 18.1 Å². The van der Waals surface area contributed by atoms with E-state index in [1.807, 2.05) is 52.0 Å². The molecule has 2 rings (SSSR count). The minimum Gasteiger partial charge on any atom is -0.496 e. The molecule has 4 nitrogen and oxygen atoms in total. The van der Waals surface area contributed by atoms with Crippen LogP contribution in [0.4, 0.5) is 0 Å². The Labute approximate surface area is 137 Å². The SMILES string of the molecule is COc1cccc2ccc(C=O)c(C(=O)N(C(C)C)C(C)C)c12. The predicted molar refractivity (Wildman–Crippen MR) is 92.3 cm³/mol. The second-order valence-electron chi connectivity index (χ2n) is 6.11. The van der Waals surface area contributed by atoms with Crippen molar-refractivity contribution >= 4 is 23.0 Å². The molecule has 0 heterocycles. The molecular weight excluding hydrogens is 290 g/mol. The molecule has 0 aliphatic rings. The Morgan fingerprint density at radius 1 is 1.09 bits per heavy atom. The minimum absolute atomic E-state index is 0.0342. The number of carbonyl (C=O) groups is 2. The highest BCUT2D eigenvalue weighted by molar-refractivity contribution is 6.14. The zero-order valence-electron chi connectivity index (χ0n) is 14.3. The molecule has 2 aromatic carbocycles. The van der Waals surface area contributed by atoms with Crippen molar-refractivity contribution in [3.63, 3.8) is 0 Å². The maximum absolute atomic E-state index is 13.2. The molecule has 0 aromatic heterocycles. The van der Waals surface area contributed by atoms with Gasteiger partial charge < -0.3 is 9.64 Å². The van der Waals surface area contributed by atoms with Crippen molar-refractivity contribution in [3.05, 3.63) is 41.5 Å². The van der Waals surface area contributed by atoms with Crippen molar-refractivity contribution in [1.29, 1.82) is 0 Å². The summed E-state index contributed by atoms with van der Waals surface area (Å²) in [6.45, 7) is 7.89. The zero-order valence-corrected chi connectivity index (χ0v) is 14.3. The van der Waals surface area contributed by atoms with Crippen molar-refractivity contribution in [2.45, 2.75) is 39.8 Å². The molecule has 0 unspecified atom stereocenters. The first-order valence-corrected chi connectivity index (χ1v) is 7.79. The Bertz CT molecular complexity index is 727. The summed E-state index contributed by atoms with van der Waals surface area (Å²) < 4.78 is 5.43. The summed E-state index contributed by atoms with van der Waals surface area (Å²) in [4.78, 5) is 26.5. The normalized spacial score (nSPS) is 11.1. The molecule has 0 aliphatic heterocycles. The molecule has 0 fully saturated rings. The molecule has 0 aliphatic carbocycles. The first-order valence-electron chi connectivity index (χ1n) is 7.79. The number of rotatable bonds is 5. The van der Waals surface area contributed by atoms with Crippen molar-refractivity contribution in [3.8, 4) is 5.75 Å². The molecule has 0 spiro atoms. The molecule has 0 radical (unpaired) electrons. The number of nitrogens with zero attached hydrogens (tertiary/aromatic N) is 1. The van der Waals surface area contributed by atoms with Crippen LogP contribution in [0.1, 0.15) is 48.4 Å². The van der Waals surface area contributed by atoms with Crippen LogP contribution >= 0.6 is 0 Å². The first kappa shape index (κ1) is 17.0. The number of aldehydes is 1. The van der Waals surface area contributed by atoms with Crippen molar-refractivity contribution < 1.29 is 14.3 Å². The summed E-state index contributed by atoms with van der Waals surface area (Å²) in [5, 5.41) is 1.57. The highest BCUT2D eigenvalue weighted by Gasteiger charge is 2.26. The van der Waals surface area contributed by atoms with E-state index in [9.17, 15) is 9.59 Å². The van der Waals surface area contributed by atoms with Gasteiger partial charge in [-0.3, -0.25) is 9.59 Å². The summed E-state index contributed by atoms with van der Waals surface area (Å²) in [5.41, 5.74) is 0.802. The molecular formula is C19H23NO3. The van der Waals surface area contributed by atoms with Gasteiger partial charge in [-0.05, 0) is 39.1 Å². The van der Waals surface area contributed by atoms with Crippen molar-refractivity contribution in [2.75, 3.05) is 7.11 Å². The smallest absolute Gasteiger partial charge is 0.255 e. The van der Waals surface area contributed by atoms with Gasteiger partial charge in [0.25, 0.3) is 5.91 Å². The lowest BCUT2D eigenvalue weighted by Crippen LogP contribution is -2.42. The number of methoxy groups -OCH3 is 1. The van der Waals surface area contributed by atoms with E-state index in [4.69, 9.17) is 4.74 Å². The van der Waals surface area contributed by atoms with E-state index in [0.29, 0.717) is 22.3 Å². The fraction of sp³-hybridized carbons (Fsp3) is 0.368. The highest BCUT2D eigenvalue weighted by Crippen LogP contribution is 2.32. The predicted octanol–water partition coefficient (Wildman–Crippen LogP) is 3.92. The van der Waals surface area contributed by atoms with E-state index < -0.39 is 0 Å². The van der Waals surface area contributed by atoms with Crippen LogP contribution in [0, 0.1) is 0 Å². The topological polar surface area (TPSA) is 46.6 Å². The van der Waals surface area contributed by atoms with E-state index >= 15 is 0 Å². The summed E-state index contributed by atoms with van der Waals surface area (Å²) in [6.07, 6.45) is 0.734. The molecule has 0 atom stereocenters. The largest absolute Gasteiger partial charge is 0.496 e. The number of amides is 1. The number of ether oxygens (including phenoxy) is 1. The second kappa shape index (κ2) is 6.82. The molecule has 0 saturated heterocycles. The Kier molecular flexibility index (Phi) is 5.04. The van der Waals surface area contributed by atoms with Gasteiger partial charge in [0.15, 0.2) is 6.29 Å². The van der Waals surface area contributed by atoms with Gasteiger partial charge in [-0.1, -0.05) is 24.3 Å². The molecule has 23 heavy (non-hydrogen) atoms. The van der Waals surface area contributed by atoms with Crippen LogP contribution in [0.25, 0.3) is 10.8 Å². The Morgan fingerprint density at radius 3 is 2.26 bits per heavy atom. The summed E-state index contributed by atoms with van der Waals surface area (Å²) in [6, 6.07) is 9.20. The first-order chi connectivity index (χ1) is 10.9. The van der Waals surface area contributed by atoms with Gasteiger partial charge in [-0.15, -0.1) is 0 Å². The minimum atomic E-state index is -0.146. The number of benzene rings is 2. The third-order valence-corrected chi connectivity index (χ3v) is 3.95. The van der Waals surface area contributed by atoms with E-state index in [2.05, 4.69) is 0 Å². The lowest BCUT2D eigenvalue weighted by atomic mass is 9.96. The van der Waals surface area contributed by atoms with Crippen LogP contribution in [0.15, 0.2) is 30.3 Å².